The summed E-state index contributed by atoms with van der Waals surface area (Å²) in [5.41, 5.74) is 1.12. The fourth-order valence-corrected chi connectivity index (χ4v) is 3.55. The predicted octanol–water partition coefficient (Wildman–Crippen LogP) is 2.52. The Kier molecular flexibility index (Phi) is 6.32. The Morgan fingerprint density at radius 2 is 1.87 bits per heavy atom. The van der Waals surface area contributed by atoms with E-state index in [1.165, 1.54) is 6.42 Å². The molecule has 0 radical (unpaired) electrons. The summed E-state index contributed by atoms with van der Waals surface area (Å²) in [6.07, 6.45) is 1.25. The van der Waals surface area contributed by atoms with Crippen molar-refractivity contribution in [2.24, 2.45) is 5.41 Å². The fraction of sp³-hybridized carbons (Fsp3) is 0.588. The second kappa shape index (κ2) is 7.84. The molecule has 0 bridgehead atoms. The molecule has 2 heterocycles. The van der Waals surface area contributed by atoms with Crippen LogP contribution in [-0.4, -0.2) is 61.5 Å². The highest BCUT2D eigenvalue weighted by Crippen LogP contribution is 2.26. The monoisotopic (exact) mass is 357 g/mol. The van der Waals surface area contributed by atoms with Crippen LogP contribution in [0.5, 0.6) is 0 Å². The van der Waals surface area contributed by atoms with Crippen LogP contribution in [0, 0.1) is 5.41 Å². The normalized spacial score (nSPS) is 25.2. The molecule has 1 atom stereocenters. The van der Waals surface area contributed by atoms with Crippen molar-refractivity contribution >= 4 is 29.9 Å². The smallest absolute Gasteiger partial charge is 0.253 e. The van der Waals surface area contributed by atoms with Gasteiger partial charge in [0.2, 0.25) is 0 Å². The quantitative estimate of drug-likeness (QED) is 0.902. The molecule has 2 aliphatic heterocycles. The zero-order chi connectivity index (χ0) is 15.6. The minimum Gasteiger partial charge on any atom is -0.336 e. The molecule has 2 saturated heterocycles. The third kappa shape index (κ3) is 4.60. The molecule has 3 rings (SSSR count). The Morgan fingerprint density at radius 1 is 1.22 bits per heavy atom. The van der Waals surface area contributed by atoms with Gasteiger partial charge >= 0.3 is 0 Å². The lowest BCUT2D eigenvalue weighted by atomic mass is 9.89. The maximum absolute atomic E-state index is 12.5. The van der Waals surface area contributed by atoms with Gasteiger partial charge in [-0.05, 0) is 42.6 Å². The summed E-state index contributed by atoms with van der Waals surface area (Å²) in [4.78, 5) is 16.9. The van der Waals surface area contributed by atoms with Crippen LogP contribution < -0.4 is 5.32 Å². The number of rotatable bonds is 3. The first-order valence-electron chi connectivity index (χ1n) is 8.04. The van der Waals surface area contributed by atoms with Gasteiger partial charge in [0, 0.05) is 49.9 Å². The van der Waals surface area contributed by atoms with Crippen molar-refractivity contribution in [3.05, 3.63) is 34.9 Å². The third-order valence-corrected chi connectivity index (χ3v) is 5.07. The van der Waals surface area contributed by atoms with Gasteiger partial charge in [0.05, 0.1) is 0 Å². The van der Waals surface area contributed by atoms with Crippen LogP contribution in [-0.2, 0) is 0 Å². The molecular formula is C17H25Cl2N3O. The molecule has 0 aliphatic carbocycles. The minimum absolute atomic E-state index is 0. The van der Waals surface area contributed by atoms with Gasteiger partial charge in [-0.2, -0.15) is 0 Å². The van der Waals surface area contributed by atoms with Crippen molar-refractivity contribution in [3.63, 3.8) is 0 Å². The van der Waals surface area contributed by atoms with E-state index in [-0.39, 0.29) is 18.3 Å². The van der Waals surface area contributed by atoms with E-state index in [1.54, 1.807) is 12.1 Å². The molecular weight excluding hydrogens is 333 g/mol. The number of hydrogen-bond acceptors (Lipinski definition) is 3. The second-order valence-electron chi connectivity index (χ2n) is 6.81. The summed E-state index contributed by atoms with van der Waals surface area (Å²) in [6.45, 7) is 9.28. The molecule has 128 valence electrons. The summed E-state index contributed by atoms with van der Waals surface area (Å²) >= 11 is 5.88. The van der Waals surface area contributed by atoms with E-state index in [0.29, 0.717) is 10.4 Å². The van der Waals surface area contributed by atoms with Gasteiger partial charge in [0.15, 0.2) is 0 Å². The lowest BCUT2D eigenvalue weighted by molar-refractivity contribution is 0.0581. The van der Waals surface area contributed by atoms with Crippen molar-refractivity contribution in [1.29, 1.82) is 0 Å². The molecule has 2 aliphatic rings. The zero-order valence-corrected chi connectivity index (χ0v) is 15.1. The number of carbonyl (C=O) groups is 1. The average molecular weight is 358 g/mol. The Morgan fingerprint density at radius 3 is 2.43 bits per heavy atom. The highest BCUT2D eigenvalue weighted by molar-refractivity contribution is 6.30. The van der Waals surface area contributed by atoms with Crippen molar-refractivity contribution in [2.45, 2.75) is 13.3 Å². The molecule has 1 unspecified atom stereocenters. The van der Waals surface area contributed by atoms with E-state index in [4.69, 9.17) is 11.6 Å². The third-order valence-electron chi connectivity index (χ3n) is 4.81. The number of benzene rings is 1. The van der Waals surface area contributed by atoms with E-state index in [9.17, 15) is 4.79 Å². The molecule has 1 aromatic rings. The summed E-state index contributed by atoms with van der Waals surface area (Å²) in [7, 11) is 0. The fourth-order valence-electron chi connectivity index (χ4n) is 3.43. The van der Waals surface area contributed by atoms with Gasteiger partial charge in [-0.15, -0.1) is 12.4 Å². The topological polar surface area (TPSA) is 35.6 Å². The number of piperazine rings is 1. The van der Waals surface area contributed by atoms with Crippen LogP contribution in [0.15, 0.2) is 24.3 Å². The van der Waals surface area contributed by atoms with Crippen molar-refractivity contribution in [1.82, 2.24) is 15.1 Å². The number of amides is 1. The molecule has 23 heavy (non-hydrogen) atoms. The Labute approximate surface area is 149 Å². The minimum atomic E-state index is 0. The van der Waals surface area contributed by atoms with E-state index >= 15 is 0 Å². The highest BCUT2D eigenvalue weighted by Gasteiger charge is 2.32. The van der Waals surface area contributed by atoms with E-state index < -0.39 is 0 Å². The standard InChI is InChI=1S/C17H24ClN3O.ClH/c1-17(6-7-19-12-17)13-20-8-10-21(11-9-20)16(22)14-2-4-15(18)5-3-14;/h2-5,19H,6-13H2,1H3;1H. The van der Waals surface area contributed by atoms with Gasteiger partial charge in [-0.25, -0.2) is 0 Å². The summed E-state index contributed by atoms with van der Waals surface area (Å²) in [6, 6.07) is 7.17. The first-order valence-corrected chi connectivity index (χ1v) is 8.41. The van der Waals surface area contributed by atoms with Gasteiger partial charge in [-0.3, -0.25) is 9.69 Å². The first-order chi connectivity index (χ1) is 10.6. The van der Waals surface area contributed by atoms with Crippen molar-refractivity contribution < 1.29 is 4.79 Å². The number of nitrogens with zero attached hydrogens (tertiary/aromatic N) is 2. The van der Waals surface area contributed by atoms with Gasteiger partial charge in [-0.1, -0.05) is 18.5 Å². The molecule has 1 amide bonds. The van der Waals surface area contributed by atoms with E-state index in [1.807, 2.05) is 17.0 Å². The Bertz CT molecular complexity index is 521. The molecule has 1 N–H and O–H groups in total. The summed E-state index contributed by atoms with van der Waals surface area (Å²) in [5, 5.41) is 4.12. The molecule has 1 aromatic carbocycles. The number of halogens is 2. The van der Waals surface area contributed by atoms with Crippen LogP contribution in [0.3, 0.4) is 0 Å². The molecule has 4 nitrogen and oxygen atoms in total. The molecule has 0 saturated carbocycles. The largest absolute Gasteiger partial charge is 0.336 e. The molecule has 2 fully saturated rings. The lowest BCUT2D eigenvalue weighted by Gasteiger charge is -2.38. The zero-order valence-electron chi connectivity index (χ0n) is 13.6. The number of hydrogen-bond donors (Lipinski definition) is 1. The lowest BCUT2D eigenvalue weighted by Crippen LogP contribution is -2.51. The molecule has 0 aromatic heterocycles. The van der Waals surface area contributed by atoms with Crippen molar-refractivity contribution in [3.8, 4) is 0 Å². The molecule has 6 heteroatoms. The maximum atomic E-state index is 12.5. The Balaban J connectivity index is 0.00000192. The first kappa shape index (κ1) is 18.5. The number of carbonyl (C=O) groups excluding carboxylic acids is 1. The van der Waals surface area contributed by atoms with Crippen LogP contribution >= 0.6 is 24.0 Å². The predicted molar refractivity (Wildman–Crippen MR) is 96.6 cm³/mol. The maximum Gasteiger partial charge on any atom is 0.253 e. The Hall–Kier alpha value is -0.810. The van der Waals surface area contributed by atoms with Gasteiger partial charge in [0.25, 0.3) is 5.91 Å². The van der Waals surface area contributed by atoms with Crippen molar-refractivity contribution in [2.75, 3.05) is 45.8 Å². The van der Waals surface area contributed by atoms with Gasteiger partial charge in [0.1, 0.15) is 0 Å². The second-order valence-corrected chi connectivity index (χ2v) is 7.25. The van der Waals surface area contributed by atoms with E-state index in [2.05, 4.69) is 17.1 Å². The highest BCUT2D eigenvalue weighted by atomic mass is 35.5. The molecule has 0 spiro atoms. The van der Waals surface area contributed by atoms with Crippen LogP contribution in [0.4, 0.5) is 0 Å². The van der Waals surface area contributed by atoms with Crippen LogP contribution in [0.2, 0.25) is 5.02 Å². The van der Waals surface area contributed by atoms with Gasteiger partial charge < -0.3 is 10.2 Å². The summed E-state index contributed by atoms with van der Waals surface area (Å²) < 4.78 is 0. The average Bonchev–Trinajstić information content (AvgIpc) is 2.94. The van der Waals surface area contributed by atoms with Crippen LogP contribution in [0.25, 0.3) is 0 Å². The SMILES string of the molecule is CC1(CN2CCN(C(=O)c3ccc(Cl)cc3)CC2)CCNC1.Cl. The number of nitrogens with one attached hydrogen (secondary N) is 1. The van der Waals surface area contributed by atoms with Crippen LogP contribution in [0.1, 0.15) is 23.7 Å². The van der Waals surface area contributed by atoms with E-state index in [0.717, 1.165) is 51.4 Å². The summed E-state index contributed by atoms with van der Waals surface area (Å²) in [5.74, 6) is 0.116.